The zero-order chi connectivity index (χ0) is 20.0. The third-order valence-electron chi connectivity index (χ3n) is 4.94. The van der Waals surface area contributed by atoms with Crippen LogP contribution in [0.2, 0.25) is 0 Å². The van der Waals surface area contributed by atoms with Gasteiger partial charge in [-0.1, -0.05) is 24.3 Å². The van der Waals surface area contributed by atoms with Gasteiger partial charge in [0.15, 0.2) is 0 Å². The minimum absolute atomic E-state index is 0.0235. The number of ketones is 1. The normalized spacial score (nSPS) is 27.9. The summed E-state index contributed by atoms with van der Waals surface area (Å²) >= 11 is 0. The van der Waals surface area contributed by atoms with Gasteiger partial charge in [-0.15, -0.1) is 0 Å². The molecule has 1 aliphatic heterocycles. The zero-order valence-corrected chi connectivity index (χ0v) is 14.3. The molecule has 0 fully saturated rings. The molecular formula is C19H17F6NO. The molecule has 2 nitrogen and oxygen atoms in total. The van der Waals surface area contributed by atoms with Crippen LogP contribution in [0, 0.1) is 17.8 Å². The SMILES string of the molecule is CC(=O)C1C=CC=C2C1C=CN2CC1C=C(C(F)(F)F)C=C(C(F)(F)F)C1. The largest absolute Gasteiger partial charge is 0.416 e. The van der Waals surface area contributed by atoms with Crippen molar-refractivity contribution in [3.63, 3.8) is 0 Å². The molecule has 3 atom stereocenters. The van der Waals surface area contributed by atoms with Gasteiger partial charge in [0.25, 0.3) is 0 Å². The molecule has 8 heteroatoms. The Morgan fingerprint density at radius 2 is 1.85 bits per heavy atom. The summed E-state index contributed by atoms with van der Waals surface area (Å²) in [7, 11) is 0. The van der Waals surface area contributed by atoms with E-state index < -0.39 is 35.8 Å². The molecule has 0 aromatic rings. The Bertz CT molecular complexity index is 781. The molecular weight excluding hydrogens is 372 g/mol. The summed E-state index contributed by atoms with van der Waals surface area (Å²) < 4.78 is 78.2. The second-order valence-corrected chi connectivity index (χ2v) is 6.88. The molecule has 0 bridgehead atoms. The quantitative estimate of drug-likeness (QED) is 0.627. The highest BCUT2D eigenvalue weighted by molar-refractivity contribution is 5.81. The number of Topliss-reactive ketones (excluding diaryl/α,β-unsaturated/α-hetero) is 1. The van der Waals surface area contributed by atoms with Crippen molar-refractivity contribution < 1.29 is 31.1 Å². The first-order valence-corrected chi connectivity index (χ1v) is 8.37. The van der Waals surface area contributed by atoms with Crippen molar-refractivity contribution in [3.8, 4) is 0 Å². The van der Waals surface area contributed by atoms with Gasteiger partial charge in [-0.25, -0.2) is 0 Å². The highest BCUT2D eigenvalue weighted by Crippen LogP contribution is 2.42. The fraction of sp³-hybridized carbons (Fsp3) is 0.421. The van der Waals surface area contributed by atoms with Gasteiger partial charge in [0, 0.05) is 35.9 Å². The van der Waals surface area contributed by atoms with Gasteiger partial charge in [-0.2, -0.15) is 26.3 Å². The lowest BCUT2D eigenvalue weighted by molar-refractivity contribution is -0.120. The van der Waals surface area contributed by atoms with Gasteiger partial charge in [0.2, 0.25) is 0 Å². The van der Waals surface area contributed by atoms with Crippen molar-refractivity contribution in [2.75, 3.05) is 6.54 Å². The van der Waals surface area contributed by atoms with Crippen molar-refractivity contribution in [2.45, 2.75) is 25.7 Å². The molecule has 0 N–H and O–H groups in total. The highest BCUT2D eigenvalue weighted by atomic mass is 19.4. The van der Waals surface area contributed by atoms with E-state index in [1.807, 2.05) is 0 Å². The number of carbonyl (C=O) groups excluding carboxylic acids is 1. The summed E-state index contributed by atoms with van der Waals surface area (Å²) in [5.74, 6) is -1.61. The van der Waals surface area contributed by atoms with E-state index in [0.717, 1.165) is 6.08 Å². The molecule has 3 rings (SSSR count). The molecule has 0 aromatic heterocycles. The topological polar surface area (TPSA) is 20.3 Å². The Labute approximate surface area is 152 Å². The van der Waals surface area contributed by atoms with E-state index in [0.29, 0.717) is 5.70 Å². The maximum atomic E-state index is 13.0. The predicted molar refractivity (Wildman–Crippen MR) is 87.1 cm³/mol. The van der Waals surface area contributed by atoms with E-state index >= 15 is 0 Å². The lowest BCUT2D eigenvalue weighted by Gasteiger charge is -2.31. The Balaban J connectivity index is 1.82. The number of nitrogens with zero attached hydrogens (tertiary/aromatic N) is 1. The summed E-state index contributed by atoms with van der Waals surface area (Å²) in [6, 6.07) is 0. The van der Waals surface area contributed by atoms with Gasteiger partial charge >= 0.3 is 12.4 Å². The molecule has 0 spiro atoms. The van der Waals surface area contributed by atoms with E-state index in [9.17, 15) is 31.1 Å². The minimum Gasteiger partial charge on any atom is -0.351 e. The van der Waals surface area contributed by atoms with Crippen LogP contribution in [0.5, 0.6) is 0 Å². The molecule has 3 unspecified atom stereocenters. The zero-order valence-electron chi connectivity index (χ0n) is 14.3. The monoisotopic (exact) mass is 389 g/mol. The van der Waals surface area contributed by atoms with E-state index in [1.165, 1.54) is 6.92 Å². The molecule has 3 aliphatic rings. The van der Waals surface area contributed by atoms with Crippen LogP contribution >= 0.6 is 0 Å². The van der Waals surface area contributed by atoms with Crippen LogP contribution in [0.15, 0.2) is 59.5 Å². The van der Waals surface area contributed by atoms with Crippen LogP contribution in [0.1, 0.15) is 13.3 Å². The summed E-state index contributed by atoms with van der Waals surface area (Å²) in [5, 5.41) is 0. The predicted octanol–water partition coefficient (Wildman–Crippen LogP) is 5.09. The number of allylic oxidation sites excluding steroid dienone is 7. The number of carbonyl (C=O) groups is 1. The second-order valence-electron chi connectivity index (χ2n) is 6.88. The van der Waals surface area contributed by atoms with Gasteiger partial charge < -0.3 is 4.90 Å². The third kappa shape index (κ3) is 4.04. The average molecular weight is 389 g/mol. The third-order valence-corrected chi connectivity index (χ3v) is 4.94. The molecule has 0 saturated carbocycles. The number of hydrogen-bond acceptors (Lipinski definition) is 2. The van der Waals surface area contributed by atoms with E-state index in [2.05, 4.69) is 0 Å². The molecule has 146 valence electrons. The lowest BCUT2D eigenvalue weighted by atomic mass is 9.84. The lowest BCUT2D eigenvalue weighted by Crippen LogP contribution is -2.31. The highest BCUT2D eigenvalue weighted by Gasteiger charge is 2.42. The number of rotatable bonds is 3. The van der Waals surface area contributed by atoms with Gasteiger partial charge in [0.1, 0.15) is 5.78 Å². The number of alkyl halides is 6. The number of halogens is 6. The molecule has 0 radical (unpaired) electrons. The van der Waals surface area contributed by atoms with Crippen LogP contribution in [0.4, 0.5) is 26.3 Å². The van der Waals surface area contributed by atoms with Crippen LogP contribution in [0.3, 0.4) is 0 Å². The van der Waals surface area contributed by atoms with Crippen molar-refractivity contribution in [1.29, 1.82) is 0 Å². The van der Waals surface area contributed by atoms with Crippen LogP contribution in [0.25, 0.3) is 0 Å². The fourth-order valence-electron chi connectivity index (χ4n) is 3.67. The first-order chi connectivity index (χ1) is 12.5. The second kappa shape index (κ2) is 6.73. The van der Waals surface area contributed by atoms with Crippen LogP contribution in [-0.4, -0.2) is 29.6 Å². The van der Waals surface area contributed by atoms with Crippen molar-refractivity contribution in [2.24, 2.45) is 17.8 Å². The van der Waals surface area contributed by atoms with Crippen LogP contribution in [-0.2, 0) is 4.79 Å². The maximum Gasteiger partial charge on any atom is 0.416 e. The van der Waals surface area contributed by atoms with Gasteiger partial charge in [-0.05, 0) is 31.4 Å². The first-order valence-electron chi connectivity index (χ1n) is 8.37. The Kier molecular flexibility index (Phi) is 4.86. The Morgan fingerprint density at radius 3 is 2.44 bits per heavy atom. The molecule has 0 amide bonds. The van der Waals surface area contributed by atoms with E-state index in [-0.39, 0.29) is 30.2 Å². The average Bonchev–Trinajstić information content (AvgIpc) is 2.96. The Hall–Kier alpha value is -2.25. The molecule has 0 aromatic carbocycles. The van der Waals surface area contributed by atoms with Crippen molar-refractivity contribution >= 4 is 5.78 Å². The fourth-order valence-corrected chi connectivity index (χ4v) is 3.67. The number of fused-ring (bicyclic) bond motifs is 1. The minimum atomic E-state index is -4.84. The molecule has 2 aliphatic carbocycles. The molecule has 1 heterocycles. The molecule has 27 heavy (non-hydrogen) atoms. The maximum absolute atomic E-state index is 13.0. The first kappa shape index (κ1) is 19.5. The summed E-state index contributed by atoms with van der Waals surface area (Å²) in [4.78, 5) is 13.4. The van der Waals surface area contributed by atoms with Gasteiger partial charge in [-0.3, -0.25) is 4.79 Å². The van der Waals surface area contributed by atoms with E-state index in [4.69, 9.17) is 0 Å². The summed E-state index contributed by atoms with van der Waals surface area (Å²) in [5.41, 5.74) is -1.74. The molecule has 0 saturated heterocycles. The van der Waals surface area contributed by atoms with Crippen molar-refractivity contribution in [1.82, 2.24) is 4.90 Å². The number of hydrogen-bond donors (Lipinski definition) is 0. The smallest absolute Gasteiger partial charge is 0.351 e. The summed E-state index contributed by atoms with van der Waals surface area (Å²) in [6.07, 6.45) is -0.548. The van der Waals surface area contributed by atoms with E-state index in [1.54, 1.807) is 35.4 Å². The standard InChI is InChI=1S/C19H17F6NO/c1-11(27)15-3-2-4-17-16(15)5-6-26(17)10-12-7-13(18(20,21)22)9-14(8-12)19(23,24)25/h2-7,9,12,15-16H,8,10H2,1H3. The Morgan fingerprint density at radius 1 is 1.15 bits per heavy atom. The summed E-state index contributed by atoms with van der Waals surface area (Å²) in [6.45, 7) is 1.43. The van der Waals surface area contributed by atoms with Crippen LogP contribution < -0.4 is 0 Å². The van der Waals surface area contributed by atoms with Crippen molar-refractivity contribution in [3.05, 3.63) is 59.5 Å². The van der Waals surface area contributed by atoms with Gasteiger partial charge in [0.05, 0.1) is 5.57 Å².